The Balaban J connectivity index is 0.00000289. The second kappa shape index (κ2) is 8.75. The van der Waals surface area contributed by atoms with Gasteiger partial charge in [-0.05, 0) is 29.3 Å². The number of carbonyl (C=O) groups excluding carboxylic acids is 3. The number of fused-ring (bicyclic) bond motifs is 1. The minimum atomic E-state index is -1.99. The number of Topliss-reactive ketones (excluding diaryl/α,β-unsaturated/α-hetero) is 1. The van der Waals surface area contributed by atoms with E-state index < -0.39 is 34.8 Å². The lowest BCUT2D eigenvalue weighted by Crippen LogP contribution is -2.43. The summed E-state index contributed by atoms with van der Waals surface area (Å²) < 4.78 is 19.6. The van der Waals surface area contributed by atoms with E-state index in [9.17, 15) is 18.6 Å². The molecule has 1 heterocycles. The van der Waals surface area contributed by atoms with E-state index >= 15 is 0 Å². The normalized spacial score (nSPS) is 20.9. The maximum atomic E-state index is 12.9. The molecular formula is C22H21N3O5S. The van der Waals surface area contributed by atoms with Crippen LogP contribution in [-0.2, 0) is 36.4 Å². The Morgan fingerprint density at radius 2 is 1.87 bits per heavy atom. The van der Waals surface area contributed by atoms with Gasteiger partial charge in [0.15, 0.2) is 0 Å². The first-order valence-electron chi connectivity index (χ1n) is 9.55. The maximum absolute atomic E-state index is 12.9. The van der Waals surface area contributed by atoms with Gasteiger partial charge >= 0.3 is 0 Å². The summed E-state index contributed by atoms with van der Waals surface area (Å²) in [4.78, 5) is 35.6. The highest BCUT2D eigenvalue weighted by Crippen LogP contribution is 2.32. The molecule has 0 bridgehead atoms. The molecule has 4 rings (SSSR count). The molecule has 0 saturated heterocycles. The number of nitrogens with zero attached hydrogens (tertiary/aromatic N) is 2. The van der Waals surface area contributed by atoms with Crippen LogP contribution < -0.4 is 5.32 Å². The number of benzene rings is 2. The van der Waals surface area contributed by atoms with Crippen LogP contribution in [0.2, 0.25) is 0 Å². The van der Waals surface area contributed by atoms with Crippen LogP contribution in [0.3, 0.4) is 0 Å². The lowest BCUT2D eigenvalue weighted by Gasteiger charge is -2.24. The molecule has 0 fully saturated rings. The fourth-order valence-electron chi connectivity index (χ4n) is 3.45. The molecule has 9 heteroatoms. The molecule has 1 aliphatic carbocycles. The van der Waals surface area contributed by atoms with Gasteiger partial charge in [-0.3, -0.25) is 18.6 Å². The standard InChI is InChI=1S/C22H19N3O5S.H2/c1-14(26)23-17-9-7-15(8-10-17)13-30-31(29)25-18-11-12-19(27)22(28)20(18)21(24-25)16-5-3-2-4-6-16;/h2-12,18,20H,13H2,1H3,(H,23,26);1H. The Hall–Kier alpha value is -3.43. The molecule has 8 nitrogen and oxygen atoms in total. The van der Waals surface area contributed by atoms with E-state index in [-0.39, 0.29) is 13.9 Å². The van der Waals surface area contributed by atoms with E-state index in [0.29, 0.717) is 17.0 Å². The molecule has 0 aromatic heterocycles. The Bertz CT molecular complexity index is 1120. The monoisotopic (exact) mass is 439 g/mol. The molecule has 2 aromatic rings. The SMILES string of the molecule is CC(=O)Nc1ccc(COS(=O)N2N=C(c3ccccc3)C3C(=O)C(=O)C=CC32)cc1.[HH]. The minimum Gasteiger partial charge on any atom is -0.326 e. The Labute approximate surface area is 182 Å². The molecule has 1 N–H and O–H groups in total. The van der Waals surface area contributed by atoms with Crippen molar-refractivity contribution in [2.45, 2.75) is 19.6 Å². The number of carbonyl (C=O) groups is 3. The van der Waals surface area contributed by atoms with E-state index in [0.717, 1.165) is 5.56 Å². The number of amides is 1. The average molecular weight is 439 g/mol. The molecule has 160 valence electrons. The quantitative estimate of drug-likeness (QED) is 0.696. The molecule has 0 spiro atoms. The number of nitrogens with one attached hydrogen (secondary N) is 1. The third-order valence-electron chi connectivity index (χ3n) is 4.89. The maximum Gasteiger partial charge on any atom is 0.281 e. The zero-order valence-corrected chi connectivity index (χ0v) is 17.4. The highest BCUT2D eigenvalue weighted by molar-refractivity contribution is 7.77. The van der Waals surface area contributed by atoms with Gasteiger partial charge < -0.3 is 5.32 Å². The van der Waals surface area contributed by atoms with E-state index in [1.165, 1.54) is 23.5 Å². The second-order valence-electron chi connectivity index (χ2n) is 7.07. The van der Waals surface area contributed by atoms with Crippen LogP contribution in [0.25, 0.3) is 0 Å². The molecule has 31 heavy (non-hydrogen) atoms. The highest BCUT2D eigenvalue weighted by Gasteiger charge is 2.47. The number of hydrogen-bond donors (Lipinski definition) is 1. The van der Waals surface area contributed by atoms with Crippen LogP contribution >= 0.6 is 0 Å². The highest BCUT2D eigenvalue weighted by atomic mass is 32.2. The van der Waals surface area contributed by atoms with Crippen molar-refractivity contribution in [1.82, 2.24) is 4.41 Å². The first-order valence-corrected chi connectivity index (χ1v) is 10.6. The fraction of sp³-hybridized carbons (Fsp3) is 0.182. The molecule has 1 aliphatic heterocycles. The van der Waals surface area contributed by atoms with E-state index in [1.807, 2.05) is 6.07 Å². The predicted molar refractivity (Wildman–Crippen MR) is 117 cm³/mol. The Kier molecular flexibility index (Phi) is 5.88. The molecule has 3 unspecified atom stereocenters. The summed E-state index contributed by atoms with van der Waals surface area (Å²) in [6.07, 6.45) is 2.73. The van der Waals surface area contributed by atoms with Crippen molar-refractivity contribution in [3.63, 3.8) is 0 Å². The zero-order chi connectivity index (χ0) is 22.0. The summed E-state index contributed by atoms with van der Waals surface area (Å²) in [7, 11) is 0. The first kappa shape index (κ1) is 20.8. The lowest BCUT2D eigenvalue weighted by molar-refractivity contribution is -0.135. The van der Waals surface area contributed by atoms with Gasteiger partial charge in [-0.25, -0.2) is 4.21 Å². The lowest BCUT2D eigenvalue weighted by atomic mass is 9.83. The van der Waals surface area contributed by atoms with Crippen LogP contribution in [0.1, 0.15) is 19.5 Å². The Morgan fingerprint density at radius 1 is 1.16 bits per heavy atom. The molecular weight excluding hydrogens is 418 g/mol. The molecule has 1 amide bonds. The van der Waals surface area contributed by atoms with Crippen molar-refractivity contribution < 1.29 is 24.2 Å². The summed E-state index contributed by atoms with van der Waals surface area (Å²) >= 11 is -1.99. The molecule has 0 radical (unpaired) electrons. The number of hydrogen-bond acceptors (Lipinski definition) is 6. The van der Waals surface area contributed by atoms with Crippen molar-refractivity contribution in [1.29, 1.82) is 0 Å². The van der Waals surface area contributed by atoms with Crippen molar-refractivity contribution in [3.05, 3.63) is 77.9 Å². The minimum absolute atomic E-state index is 0. The van der Waals surface area contributed by atoms with Gasteiger partial charge in [0.05, 0.1) is 24.3 Å². The molecule has 3 atom stereocenters. The number of rotatable bonds is 6. The van der Waals surface area contributed by atoms with Crippen LogP contribution in [0.5, 0.6) is 0 Å². The predicted octanol–water partition coefficient (Wildman–Crippen LogP) is 2.40. The van der Waals surface area contributed by atoms with Crippen LogP contribution in [0, 0.1) is 5.92 Å². The molecule has 2 aliphatic rings. The van der Waals surface area contributed by atoms with Crippen LogP contribution in [0.15, 0.2) is 71.9 Å². The second-order valence-corrected chi connectivity index (χ2v) is 8.11. The van der Waals surface area contributed by atoms with Gasteiger partial charge in [0.25, 0.3) is 11.3 Å². The molecule has 2 aromatic carbocycles. The number of hydrazone groups is 1. The number of anilines is 1. The topological polar surface area (TPSA) is 105 Å². The summed E-state index contributed by atoms with van der Waals surface area (Å²) in [5.74, 6) is -2.18. The summed E-state index contributed by atoms with van der Waals surface area (Å²) in [5, 5.41) is 7.07. The van der Waals surface area contributed by atoms with Gasteiger partial charge in [0.1, 0.15) is 0 Å². The van der Waals surface area contributed by atoms with Gasteiger partial charge in [-0.1, -0.05) is 48.5 Å². The van der Waals surface area contributed by atoms with Gasteiger partial charge in [-0.2, -0.15) is 9.52 Å². The fourth-order valence-corrected chi connectivity index (χ4v) is 4.34. The Morgan fingerprint density at radius 3 is 2.55 bits per heavy atom. The van der Waals surface area contributed by atoms with Crippen molar-refractivity contribution in [3.8, 4) is 0 Å². The summed E-state index contributed by atoms with van der Waals surface area (Å²) in [6, 6.07) is 15.3. The van der Waals surface area contributed by atoms with Gasteiger partial charge in [0, 0.05) is 14.0 Å². The number of ketones is 2. The van der Waals surface area contributed by atoms with Crippen molar-refractivity contribution >= 4 is 40.1 Å². The summed E-state index contributed by atoms with van der Waals surface area (Å²) in [5.41, 5.74) is 2.47. The third kappa shape index (κ3) is 4.37. The van der Waals surface area contributed by atoms with Crippen LogP contribution in [-0.4, -0.2) is 37.9 Å². The average Bonchev–Trinajstić information content (AvgIpc) is 3.16. The zero-order valence-electron chi connectivity index (χ0n) is 16.6. The largest absolute Gasteiger partial charge is 0.326 e. The number of allylic oxidation sites excluding steroid dienone is 1. The van der Waals surface area contributed by atoms with Crippen LogP contribution in [0.4, 0.5) is 5.69 Å². The van der Waals surface area contributed by atoms with E-state index in [4.69, 9.17) is 4.18 Å². The van der Waals surface area contributed by atoms with Gasteiger partial charge in [-0.15, -0.1) is 0 Å². The molecule has 0 saturated carbocycles. The van der Waals surface area contributed by atoms with E-state index in [2.05, 4.69) is 10.4 Å². The van der Waals surface area contributed by atoms with Gasteiger partial charge in [0.2, 0.25) is 17.5 Å². The summed E-state index contributed by atoms with van der Waals surface area (Å²) in [6.45, 7) is 1.46. The van der Waals surface area contributed by atoms with Crippen molar-refractivity contribution in [2.24, 2.45) is 11.0 Å². The van der Waals surface area contributed by atoms with E-state index in [1.54, 1.807) is 48.5 Å². The smallest absolute Gasteiger partial charge is 0.281 e. The van der Waals surface area contributed by atoms with Crippen molar-refractivity contribution in [2.75, 3.05) is 5.32 Å². The first-order chi connectivity index (χ1) is 14.9. The third-order valence-corrected chi connectivity index (χ3v) is 5.84.